The molecule has 0 aromatic rings. The van der Waals surface area contributed by atoms with Gasteiger partial charge in [-0.05, 0) is 45.4 Å². The normalized spacial score (nSPS) is 30.8. The van der Waals surface area contributed by atoms with Gasteiger partial charge in [-0.3, -0.25) is 9.69 Å². The maximum absolute atomic E-state index is 14.7. The molecular weight excluding hydrogens is 331 g/mol. The van der Waals surface area contributed by atoms with Crippen LogP contribution in [0, 0.1) is 11.8 Å². The van der Waals surface area contributed by atoms with Crippen LogP contribution in [0.5, 0.6) is 0 Å². The molecule has 2 aliphatic rings. The predicted octanol–water partition coefficient (Wildman–Crippen LogP) is 3.75. The molecular formula is C21H37FN2O2. The van der Waals surface area contributed by atoms with Crippen LogP contribution in [0.15, 0.2) is 11.6 Å². The van der Waals surface area contributed by atoms with E-state index in [1.807, 2.05) is 9.80 Å². The van der Waals surface area contributed by atoms with Crippen molar-refractivity contribution in [3.05, 3.63) is 11.6 Å². The maximum atomic E-state index is 14.7. The van der Waals surface area contributed by atoms with Gasteiger partial charge in [-0.2, -0.15) is 0 Å². The Labute approximate surface area is 158 Å². The molecule has 26 heavy (non-hydrogen) atoms. The molecule has 1 N–H and O–H groups in total. The van der Waals surface area contributed by atoms with E-state index in [4.69, 9.17) is 0 Å². The van der Waals surface area contributed by atoms with Crippen LogP contribution in [-0.2, 0) is 4.79 Å². The van der Waals surface area contributed by atoms with Gasteiger partial charge in [-0.25, -0.2) is 4.39 Å². The molecule has 5 heteroatoms. The van der Waals surface area contributed by atoms with Crippen molar-refractivity contribution in [1.29, 1.82) is 0 Å². The number of hydrogen-bond donors (Lipinski definition) is 1. The van der Waals surface area contributed by atoms with Gasteiger partial charge in [0, 0.05) is 38.0 Å². The van der Waals surface area contributed by atoms with Crippen LogP contribution in [0.3, 0.4) is 0 Å². The molecule has 4 nitrogen and oxygen atoms in total. The Morgan fingerprint density at radius 3 is 2.65 bits per heavy atom. The molecule has 0 aromatic heterocycles. The summed E-state index contributed by atoms with van der Waals surface area (Å²) in [6, 6.07) is 0.0891. The number of halogens is 1. The minimum absolute atomic E-state index is 0.0156. The Balaban J connectivity index is 2.11. The summed E-state index contributed by atoms with van der Waals surface area (Å²) in [7, 11) is 0. The van der Waals surface area contributed by atoms with E-state index in [0.29, 0.717) is 18.9 Å². The van der Waals surface area contributed by atoms with Gasteiger partial charge >= 0.3 is 0 Å². The number of carbonyl (C=O) groups is 1. The second-order valence-corrected chi connectivity index (χ2v) is 8.32. The number of fused-ring (bicyclic) bond motifs is 1. The number of nitrogens with zero attached hydrogens (tertiary/aromatic N) is 2. The van der Waals surface area contributed by atoms with Crippen molar-refractivity contribution in [2.45, 2.75) is 91.2 Å². The van der Waals surface area contributed by atoms with E-state index in [0.717, 1.165) is 32.2 Å². The molecule has 1 amide bonds. The number of likely N-dealkylation sites (tertiary alicyclic amines) is 1. The van der Waals surface area contributed by atoms with Crippen molar-refractivity contribution < 1.29 is 14.3 Å². The van der Waals surface area contributed by atoms with Gasteiger partial charge in [-0.15, -0.1) is 0 Å². The van der Waals surface area contributed by atoms with Crippen LogP contribution in [0.25, 0.3) is 0 Å². The lowest BCUT2D eigenvalue weighted by Crippen LogP contribution is -2.56. The molecule has 6 atom stereocenters. The van der Waals surface area contributed by atoms with Crippen molar-refractivity contribution in [3.63, 3.8) is 0 Å². The first kappa shape index (κ1) is 21.4. The summed E-state index contributed by atoms with van der Waals surface area (Å²) < 4.78 is 14.7. The molecule has 2 aliphatic heterocycles. The quantitative estimate of drug-likeness (QED) is 0.726. The van der Waals surface area contributed by atoms with E-state index in [2.05, 4.69) is 33.8 Å². The highest BCUT2D eigenvalue weighted by molar-refractivity contribution is 5.73. The third-order valence-electron chi connectivity index (χ3n) is 6.61. The average Bonchev–Trinajstić information content (AvgIpc) is 2.78. The van der Waals surface area contributed by atoms with Crippen molar-refractivity contribution in [2.75, 3.05) is 13.1 Å². The summed E-state index contributed by atoms with van der Waals surface area (Å²) in [5.41, 5.74) is 1.37. The van der Waals surface area contributed by atoms with Gasteiger partial charge in [0.15, 0.2) is 0 Å². The smallest absolute Gasteiger partial charge is 0.219 e. The number of rotatable bonds is 6. The largest absolute Gasteiger partial charge is 0.375 e. The van der Waals surface area contributed by atoms with Crippen LogP contribution in [0.2, 0.25) is 0 Å². The van der Waals surface area contributed by atoms with Crippen LogP contribution in [0.1, 0.15) is 66.7 Å². The van der Waals surface area contributed by atoms with E-state index >= 15 is 0 Å². The molecule has 2 heterocycles. The summed E-state index contributed by atoms with van der Waals surface area (Å²) in [4.78, 5) is 15.9. The number of aliphatic hydroxyl groups is 1. The van der Waals surface area contributed by atoms with Crippen LogP contribution < -0.4 is 0 Å². The third kappa shape index (κ3) is 4.66. The fourth-order valence-corrected chi connectivity index (χ4v) is 4.67. The highest BCUT2D eigenvalue weighted by Gasteiger charge is 2.41. The number of hydrogen-bond acceptors (Lipinski definition) is 3. The van der Waals surface area contributed by atoms with Gasteiger partial charge in [0.25, 0.3) is 0 Å². The van der Waals surface area contributed by atoms with Gasteiger partial charge < -0.3 is 10.0 Å². The van der Waals surface area contributed by atoms with Crippen molar-refractivity contribution in [1.82, 2.24) is 9.80 Å². The molecule has 0 spiro atoms. The average molecular weight is 369 g/mol. The molecule has 0 radical (unpaired) electrons. The lowest BCUT2D eigenvalue weighted by Gasteiger charge is -2.45. The molecule has 4 unspecified atom stereocenters. The van der Waals surface area contributed by atoms with Crippen LogP contribution >= 0.6 is 0 Å². The molecule has 0 bridgehead atoms. The first-order valence-electron chi connectivity index (χ1n) is 10.3. The summed E-state index contributed by atoms with van der Waals surface area (Å²) in [6.45, 7) is 11.4. The lowest BCUT2D eigenvalue weighted by atomic mass is 9.81. The zero-order valence-electron chi connectivity index (χ0n) is 17.1. The Kier molecular flexibility index (Phi) is 7.65. The molecule has 2 rings (SSSR count). The Hall–Kier alpha value is -0.940. The molecule has 150 valence electrons. The highest BCUT2D eigenvalue weighted by atomic mass is 19.1. The highest BCUT2D eigenvalue weighted by Crippen LogP contribution is 2.36. The summed E-state index contributed by atoms with van der Waals surface area (Å²) in [6.07, 6.45) is 4.05. The summed E-state index contributed by atoms with van der Waals surface area (Å²) in [5.74, 6) is 0.740. The summed E-state index contributed by atoms with van der Waals surface area (Å²) in [5, 5.41) is 10.7. The maximum Gasteiger partial charge on any atom is 0.219 e. The topological polar surface area (TPSA) is 43.8 Å². The van der Waals surface area contributed by atoms with Gasteiger partial charge in [0.2, 0.25) is 5.91 Å². The Morgan fingerprint density at radius 1 is 1.35 bits per heavy atom. The van der Waals surface area contributed by atoms with Crippen molar-refractivity contribution >= 4 is 5.91 Å². The lowest BCUT2D eigenvalue weighted by molar-refractivity contribution is -0.132. The Morgan fingerprint density at radius 2 is 2.04 bits per heavy atom. The summed E-state index contributed by atoms with van der Waals surface area (Å²) >= 11 is 0. The molecule has 0 aromatic carbocycles. The molecule has 0 saturated carbocycles. The van der Waals surface area contributed by atoms with Crippen molar-refractivity contribution in [2.24, 2.45) is 11.8 Å². The third-order valence-corrected chi connectivity index (χ3v) is 6.61. The van der Waals surface area contributed by atoms with Crippen molar-refractivity contribution in [3.8, 4) is 0 Å². The zero-order chi connectivity index (χ0) is 19.4. The monoisotopic (exact) mass is 368 g/mol. The van der Waals surface area contributed by atoms with E-state index in [1.165, 1.54) is 5.57 Å². The first-order chi connectivity index (χ1) is 12.3. The van der Waals surface area contributed by atoms with Gasteiger partial charge in [-0.1, -0.05) is 31.9 Å². The number of amides is 1. The zero-order valence-corrected chi connectivity index (χ0v) is 17.1. The number of alkyl halides is 1. The van der Waals surface area contributed by atoms with E-state index in [1.54, 1.807) is 6.92 Å². The Bertz CT molecular complexity index is 510. The predicted molar refractivity (Wildman–Crippen MR) is 103 cm³/mol. The second kappa shape index (κ2) is 9.32. The minimum atomic E-state index is -1.23. The minimum Gasteiger partial charge on any atom is -0.375 e. The second-order valence-electron chi connectivity index (χ2n) is 8.32. The van der Waals surface area contributed by atoms with Gasteiger partial charge in [0.05, 0.1) is 0 Å². The number of aliphatic hydroxyl groups excluding tert-OH is 1. The molecule has 1 saturated heterocycles. The van der Waals surface area contributed by atoms with Gasteiger partial charge in [0.1, 0.15) is 12.4 Å². The van der Waals surface area contributed by atoms with E-state index in [9.17, 15) is 14.3 Å². The standard InChI is InChI=1S/C21H37FN2O2/c1-6-14(2)9-10-19(22)21(26)24-13-11-18-8-7-12-23(17(5)25)15(3)20(18)16(24)4/h11,14-16,19-21,26H,6-10,12-13H2,1-5H3/t14-,15?,16?,19?,20?,21-/m1/s1. The molecule has 1 fully saturated rings. The van der Waals surface area contributed by atoms with Crippen LogP contribution in [-0.4, -0.2) is 58.4 Å². The number of carbonyl (C=O) groups excluding carboxylic acids is 1. The fourth-order valence-electron chi connectivity index (χ4n) is 4.67. The molecule has 0 aliphatic carbocycles. The van der Waals surface area contributed by atoms with E-state index in [-0.39, 0.29) is 23.9 Å². The van der Waals surface area contributed by atoms with E-state index < -0.39 is 12.4 Å². The first-order valence-corrected chi connectivity index (χ1v) is 10.3. The SMILES string of the molecule is CC[C@@H](C)CCC(F)[C@@H](O)N1CC=C2CCCN(C(C)=O)C(C)C2C1C. The fraction of sp³-hybridized carbons (Fsp3) is 0.857. The van der Waals surface area contributed by atoms with Crippen LogP contribution in [0.4, 0.5) is 4.39 Å².